The van der Waals surface area contributed by atoms with Crippen molar-refractivity contribution in [3.63, 3.8) is 0 Å². The molecule has 4 aromatic heterocycles. The van der Waals surface area contributed by atoms with E-state index in [1.807, 2.05) is 24.3 Å². The Morgan fingerprint density at radius 1 is 0.317 bits per heavy atom. The topological polar surface area (TPSA) is 61.7 Å². The Bertz CT molecular complexity index is 3850. The normalized spacial score (nSPS) is 11.8. The largest absolute Gasteiger partial charge is 0.454 e. The van der Waals surface area contributed by atoms with E-state index in [2.05, 4.69) is 197 Å². The molecule has 6 nitrogen and oxygen atoms in total. The van der Waals surface area contributed by atoms with E-state index >= 15 is 0 Å². The summed E-state index contributed by atoms with van der Waals surface area (Å²) in [5.41, 5.74) is 13.0. The zero-order valence-electron chi connectivity index (χ0n) is 33.9. The fraction of sp³-hybridized carbons (Fsp3) is 0. The fourth-order valence-electron chi connectivity index (χ4n) is 9.53. The standard InChI is InChI=1S/C57H35N5O/c1-4-16-36(17-5-1)38-20-14-21-39(34-38)56-58-55(37-18-6-2-7-19-37)59-57(60-56)47-27-15-26-44-45-31-32-46-48-35-41(61-49-28-12-10-24-42(49)43-25-11-13-29-50(43)61)30-33-51(48)63-54(46)53(45)62(52(44)47)40-22-8-3-9-23-40/h1-35H. The SMILES string of the molecule is c1ccc(-c2cccc(-c3nc(-c4ccccc4)nc(-c4cccc5c6ccc7c8cc(-n9c%10ccccc%10c%10ccccc%109)ccc8oc7c6n(-c6ccccc6)c45)n3)c2)cc1. The molecule has 9 aromatic carbocycles. The van der Waals surface area contributed by atoms with Gasteiger partial charge in [-0.1, -0.05) is 152 Å². The summed E-state index contributed by atoms with van der Waals surface area (Å²) in [5, 5.41) is 6.73. The van der Waals surface area contributed by atoms with Crippen LogP contribution in [0.3, 0.4) is 0 Å². The van der Waals surface area contributed by atoms with Crippen molar-refractivity contribution < 1.29 is 4.42 Å². The molecule has 0 aliphatic heterocycles. The van der Waals surface area contributed by atoms with Gasteiger partial charge in [0.25, 0.3) is 0 Å². The van der Waals surface area contributed by atoms with Gasteiger partial charge < -0.3 is 13.6 Å². The monoisotopic (exact) mass is 805 g/mol. The Balaban J connectivity index is 1.07. The van der Waals surface area contributed by atoms with Gasteiger partial charge in [-0.3, -0.25) is 0 Å². The third-order valence-corrected chi connectivity index (χ3v) is 12.4. The van der Waals surface area contributed by atoms with E-state index in [-0.39, 0.29) is 0 Å². The number of nitrogens with zero attached hydrogens (tertiary/aromatic N) is 5. The highest BCUT2D eigenvalue weighted by Gasteiger charge is 2.24. The zero-order valence-corrected chi connectivity index (χ0v) is 33.9. The quantitative estimate of drug-likeness (QED) is 0.168. The van der Waals surface area contributed by atoms with Crippen molar-refractivity contribution >= 4 is 65.6 Å². The highest BCUT2D eigenvalue weighted by Crippen LogP contribution is 2.44. The lowest BCUT2D eigenvalue weighted by atomic mass is 10.0. The van der Waals surface area contributed by atoms with Gasteiger partial charge in [0, 0.05) is 60.4 Å². The van der Waals surface area contributed by atoms with Crippen LogP contribution in [0.1, 0.15) is 0 Å². The summed E-state index contributed by atoms with van der Waals surface area (Å²) in [6.07, 6.45) is 0. The first-order chi connectivity index (χ1) is 31.2. The highest BCUT2D eigenvalue weighted by atomic mass is 16.3. The zero-order chi connectivity index (χ0) is 41.4. The third kappa shape index (κ3) is 5.55. The van der Waals surface area contributed by atoms with Crippen LogP contribution < -0.4 is 0 Å². The Morgan fingerprint density at radius 3 is 1.62 bits per heavy atom. The first-order valence-electron chi connectivity index (χ1n) is 21.2. The van der Waals surface area contributed by atoms with Crippen LogP contribution in [0.4, 0.5) is 0 Å². The molecule has 6 heteroatoms. The molecule has 0 radical (unpaired) electrons. The van der Waals surface area contributed by atoms with Crippen LogP contribution >= 0.6 is 0 Å². The van der Waals surface area contributed by atoms with Gasteiger partial charge >= 0.3 is 0 Å². The molecule has 0 aliphatic carbocycles. The minimum Gasteiger partial charge on any atom is -0.454 e. The molecule has 0 bridgehead atoms. The minimum absolute atomic E-state index is 0.589. The number of para-hydroxylation sites is 4. The minimum atomic E-state index is 0.589. The van der Waals surface area contributed by atoms with Gasteiger partial charge in [-0.25, -0.2) is 15.0 Å². The maximum atomic E-state index is 6.98. The van der Waals surface area contributed by atoms with Crippen LogP contribution in [0, 0.1) is 0 Å². The first kappa shape index (κ1) is 35.2. The molecule has 0 saturated carbocycles. The van der Waals surface area contributed by atoms with Crippen molar-refractivity contribution in [1.29, 1.82) is 0 Å². The lowest BCUT2D eigenvalue weighted by Gasteiger charge is -2.13. The van der Waals surface area contributed by atoms with Crippen molar-refractivity contribution in [1.82, 2.24) is 24.1 Å². The van der Waals surface area contributed by atoms with Crippen LogP contribution in [0.5, 0.6) is 0 Å². The number of furan rings is 1. The van der Waals surface area contributed by atoms with E-state index in [0.717, 1.165) is 82.9 Å². The van der Waals surface area contributed by atoms with Gasteiger partial charge in [0.15, 0.2) is 23.1 Å². The maximum Gasteiger partial charge on any atom is 0.166 e. The number of benzene rings is 9. The molecule has 13 rings (SSSR count). The molecule has 0 saturated heterocycles. The van der Waals surface area contributed by atoms with Gasteiger partial charge in [-0.15, -0.1) is 0 Å². The van der Waals surface area contributed by atoms with E-state index in [1.165, 1.54) is 21.8 Å². The van der Waals surface area contributed by atoms with E-state index < -0.39 is 0 Å². The molecule has 0 fully saturated rings. The third-order valence-electron chi connectivity index (χ3n) is 12.4. The Morgan fingerprint density at radius 2 is 0.873 bits per heavy atom. The molecule has 63 heavy (non-hydrogen) atoms. The van der Waals surface area contributed by atoms with Crippen LogP contribution in [0.25, 0.3) is 122 Å². The van der Waals surface area contributed by atoms with Crippen LogP contribution in [-0.2, 0) is 0 Å². The molecule has 0 spiro atoms. The predicted molar refractivity (Wildman–Crippen MR) is 258 cm³/mol. The molecular weight excluding hydrogens is 771 g/mol. The molecular formula is C57H35N5O. The summed E-state index contributed by atoms with van der Waals surface area (Å²) >= 11 is 0. The summed E-state index contributed by atoms with van der Waals surface area (Å²) in [6, 6.07) is 74.2. The highest BCUT2D eigenvalue weighted by molar-refractivity contribution is 6.23. The smallest absolute Gasteiger partial charge is 0.166 e. The Labute approximate surface area is 361 Å². The number of fused-ring (bicyclic) bond motifs is 10. The van der Waals surface area contributed by atoms with Crippen molar-refractivity contribution in [3.05, 3.63) is 212 Å². The average Bonchev–Trinajstić information content (AvgIpc) is 4.02. The van der Waals surface area contributed by atoms with Crippen LogP contribution in [0.15, 0.2) is 217 Å². The molecule has 0 N–H and O–H groups in total. The number of aromatic nitrogens is 5. The lowest BCUT2D eigenvalue weighted by Crippen LogP contribution is -2.02. The molecule has 13 aromatic rings. The summed E-state index contributed by atoms with van der Waals surface area (Å²) in [4.78, 5) is 15.7. The molecule has 4 heterocycles. The summed E-state index contributed by atoms with van der Waals surface area (Å²) < 4.78 is 11.7. The van der Waals surface area contributed by atoms with E-state index in [1.54, 1.807) is 0 Å². The second-order valence-electron chi connectivity index (χ2n) is 16.0. The van der Waals surface area contributed by atoms with Crippen molar-refractivity contribution in [3.8, 4) is 56.7 Å². The van der Waals surface area contributed by atoms with Gasteiger partial charge in [-0.05, 0) is 71.8 Å². The van der Waals surface area contributed by atoms with Gasteiger partial charge in [0.05, 0.1) is 22.1 Å². The fourth-order valence-corrected chi connectivity index (χ4v) is 9.53. The maximum absolute atomic E-state index is 6.98. The number of rotatable bonds is 6. The van der Waals surface area contributed by atoms with Crippen molar-refractivity contribution in [2.75, 3.05) is 0 Å². The number of hydrogen-bond acceptors (Lipinski definition) is 4. The first-order valence-corrected chi connectivity index (χ1v) is 21.2. The summed E-state index contributed by atoms with van der Waals surface area (Å²) in [6.45, 7) is 0. The Kier molecular flexibility index (Phi) is 7.80. The lowest BCUT2D eigenvalue weighted by molar-refractivity contribution is 0.671. The van der Waals surface area contributed by atoms with E-state index in [4.69, 9.17) is 19.4 Å². The number of hydrogen-bond donors (Lipinski definition) is 0. The van der Waals surface area contributed by atoms with E-state index in [9.17, 15) is 0 Å². The van der Waals surface area contributed by atoms with Crippen molar-refractivity contribution in [2.24, 2.45) is 0 Å². The van der Waals surface area contributed by atoms with Gasteiger partial charge in [0.2, 0.25) is 0 Å². The van der Waals surface area contributed by atoms with E-state index in [0.29, 0.717) is 17.5 Å². The van der Waals surface area contributed by atoms with Gasteiger partial charge in [0.1, 0.15) is 5.58 Å². The molecule has 0 amide bonds. The summed E-state index contributed by atoms with van der Waals surface area (Å²) in [5.74, 6) is 1.81. The van der Waals surface area contributed by atoms with Crippen LogP contribution in [-0.4, -0.2) is 24.1 Å². The molecule has 0 atom stereocenters. The van der Waals surface area contributed by atoms with Gasteiger partial charge in [-0.2, -0.15) is 0 Å². The summed E-state index contributed by atoms with van der Waals surface area (Å²) in [7, 11) is 0. The second kappa shape index (κ2) is 14.0. The van der Waals surface area contributed by atoms with Crippen LogP contribution in [0.2, 0.25) is 0 Å². The predicted octanol–water partition coefficient (Wildman–Crippen LogP) is 14.6. The van der Waals surface area contributed by atoms with Crippen molar-refractivity contribution in [2.45, 2.75) is 0 Å². The second-order valence-corrected chi connectivity index (χ2v) is 16.0. The molecule has 0 unspecified atom stereocenters. The molecule has 0 aliphatic rings. The molecule has 294 valence electrons. The average molecular weight is 806 g/mol. The Hall–Kier alpha value is -8.61.